The number of nitrogens with zero attached hydrogens (tertiary/aromatic N) is 2. The van der Waals surface area contributed by atoms with Crippen LogP contribution >= 0.6 is 0 Å². The highest BCUT2D eigenvalue weighted by atomic mass is 28.3. The van der Waals surface area contributed by atoms with Gasteiger partial charge in [0.1, 0.15) is 8.07 Å². The van der Waals surface area contributed by atoms with Crippen molar-refractivity contribution in [3.8, 4) is 17.2 Å². The molecule has 0 saturated carbocycles. The van der Waals surface area contributed by atoms with E-state index in [0.717, 1.165) is 0 Å². The molecule has 0 radical (unpaired) electrons. The average Bonchev–Trinajstić information content (AvgIpc) is 2.14. The van der Waals surface area contributed by atoms with Crippen molar-refractivity contribution < 1.29 is 4.74 Å². The summed E-state index contributed by atoms with van der Waals surface area (Å²) >= 11 is 0. The Kier molecular flexibility index (Phi) is 3.26. The Balaban J connectivity index is 2.82. The number of aromatic nitrogens is 2. The largest absolute Gasteiger partial charge is 0.494 e. The maximum absolute atomic E-state index is 4.95. The Morgan fingerprint density at radius 2 is 1.79 bits per heavy atom. The van der Waals surface area contributed by atoms with Gasteiger partial charge in [0.05, 0.1) is 19.5 Å². The number of rotatable bonds is 1. The van der Waals surface area contributed by atoms with Crippen LogP contribution in [0.3, 0.4) is 0 Å². The summed E-state index contributed by atoms with van der Waals surface area (Å²) in [6, 6.07) is 0. The van der Waals surface area contributed by atoms with Crippen molar-refractivity contribution in [2.24, 2.45) is 0 Å². The summed E-state index contributed by atoms with van der Waals surface area (Å²) in [7, 11) is 0.255. The lowest BCUT2D eigenvalue weighted by Crippen LogP contribution is -2.16. The molecule has 1 aromatic rings. The third-order valence-corrected chi connectivity index (χ3v) is 2.29. The Hall–Kier alpha value is -1.34. The van der Waals surface area contributed by atoms with Crippen molar-refractivity contribution >= 4 is 8.07 Å². The highest BCUT2D eigenvalue weighted by molar-refractivity contribution is 6.83. The zero-order valence-electron chi connectivity index (χ0n) is 8.96. The SMILES string of the molecule is COc1cnc(C#C[Si](C)(C)C)nc1. The maximum Gasteiger partial charge on any atom is 0.204 e. The van der Waals surface area contributed by atoms with Gasteiger partial charge in [-0.25, -0.2) is 9.97 Å². The highest BCUT2D eigenvalue weighted by Crippen LogP contribution is 2.04. The first-order valence-corrected chi connectivity index (χ1v) is 7.90. The number of methoxy groups -OCH3 is 1. The molecule has 0 aromatic carbocycles. The lowest BCUT2D eigenvalue weighted by molar-refractivity contribution is 0.410. The second kappa shape index (κ2) is 4.25. The standard InChI is InChI=1S/C10H14N2OSi/c1-13-9-7-11-10(12-8-9)5-6-14(2,3)4/h7-8H,1-4H3. The molecule has 0 spiro atoms. The number of ether oxygens (including phenoxy) is 1. The van der Waals surface area contributed by atoms with Gasteiger partial charge in [0.2, 0.25) is 5.82 Å². The van der Waals surface area contributed by atoms with E-state index in [2.05, 4.69) is 41.1 Å². The molecule has 0 fully saturated rings. The van der Waals surface area contributed by atoms with Crippen molar-refractivity contribution in [2.45, 2.75) is 19.6 Å². The Morgan fingerprint density at radius 1 is 1.21 bits per heavy atom. The van der Waals surface area contributed by atoms with Gasteiger partial charge < -0.3 is 4.74 Å². The van der Waals surface area contributed by atoms with Gasteiger partial charge in [0.25, 0.3) is 0 Å². The lowest BCUT2D eigenvalue weighted by Gasteiger charge is -2.02. The molecule has 0 saturated heterocycles. The first-order chi connectivity index (χ1) is 6.51. The first kappa shape index (κ1) is 10.7. The van der Waals surface area contributed by atoms with E-state index in [-0.39, 0.29) is 0 Å². The van der Waals surface area contributed by atoms with E-state index in [9.17, 15) is 0 Å². The van der Waals surface area contributed by atoms with Crippen molar-refractivity contribution in [2.75, 3.05) is 7.11 Å². The van der Waals surface area contributed by atoms with Gasteiger partial charge in [0.15, 0.2) is 5.75 Å². The molecule has 0 atom stereocenters. The summed E-state index contributed by atoms with van der Waals surface area (Å²) < 4.78 is 4.95. The zero-order valence-corrected chi connectivity index (χ0v) is 9.96. The first-order valence-electron chi connectivity index (χ1n) is 4.40. The Labute approximate surface area is 85.6 Å². The molecule has 0 aliphatic heterocycles. The molecule has 14 heavy (non-hydrogen) atoms. The molecule has 1 heterocycles. The topological polar surface area (TPSA) is 35.0 Å². The number of hydrogen-bond acceptors (Lipinski definition) is 3. The van der Waals surface area contributed by atoms with Crippen LogP contribution in [0, 0.1) is 11.5 Å². The molecule has 74 valence electrons. The van der Waals surface area contributed by atoms with E-state index in [1.807, 2.05) is 0 Å². The van der Waals surface area contributed by atoms with Crippen molar-refractivity contribution in [1.82, 2.24) is 9.97 Å². The fourth-order valence-corrected chi connectivity index (χ4v) is 1.22. The molecule has 0 amide bonds. The predicted molar refractivity (Wildman–Crippen MR) is 58.8 cm³/mol. The number of hydrogen-bond donors (Lipinski definition) is 0. The van der Waals surface area contributed by atoms with Crippen LogP contribution in [0.1, 0.15) is 5.82 Å². The zero-order chi connectivity index (χ0) is 10.6. The molecule has 0 bridgehead atoms. The van der Waals surface area contributed by atoms with Gasteiger partial charge in [-0.1, -0.05) is 19.6 Å². The second-order valence-electron chi connectivity index (χ2n) is 3.95. The molecule has 0 unspecified atom stereocenters. The highest BCUT2D eigenvalue weighted by Gasteiger charge is 2.07. The Morgan fingerprint density at radius 3 is 2.21 bits per heavy atom. The van der Waals surface area contributed by atoms with Gasteiger partial charge in [-0.2, -0.15) is 0 Å². The van der Waals surface area contributed by atoms with Crippen LogP contribution in [0.2, 0.25) is 19.6 Å². The molecular formula is C10H14N2OSi. The average molecular weight is 206 g/mol. The summed E-state index contributed by atoms with van der Waals surface area (Å²) in [5.74, 6) is 4.19. The lowest BCUT2D eigenvalue weighted by atomic mass is 10.5. The van der Waals surface area contributed by atoms with Crippen molar-refractivity contribution in [3.63, 3.8) is 0 Å². The normalized spacial score (nSPS) is 10.3. The van der Waals surface area contributed by atoms with E-state index in [1.54, 1.807) is 19.5 Å². The van der Waals surface area contributed by atoms with Crippen LogP contribution in [0.25, 0.3) is 0 Å². The smallest absolute Gasteiger partial charge is 0.204 e. The minimum atomic E-state index is -1.33. The fourth-order valence-electron chi connectivity index (χ4n) is 0.730. The van der Waals surface area contributed by atoms with Gasteiger partial charge >= 0.3 is 0 Å². The van der Waals surface area contributed by atoms with E-state index in [4.69, 9.17) is 4.74 Å². The van der Waals surface area contributed by atoms with Crippen LogP contribution < -0.4 is 4.74 Å². The third kappa shape index (κ3) is 3.58. The van der Waals surface area contributed by atoms with E-state index >= 15 is 0 Å². The van der Waals surface area contributed by atoms with Crippen LogP contribution in [0.15, 0.2) is 12.4 Å². The van der Waals surface area contributed by atoms with E-state index in [1.165, 1.54) is 0 Å². The summed E-state index contributed by atoms with van der Waals surface area (Å²) in [6.45, 7) is 6.55. The van der Waals surface area contributed by atoms with Gasteiger partial charge in [0, 0.05) is 0 Å². The van der Waals surface area contributed by atoms with E-state index < -0.39 is 8.07 Å². The molecule has 1 aromatic heterocycles. The minimum absolute atomic E-state index is 0.563. The maximum atomic E-state index is 4.95. The molecule has 0 aliphatic rings. The van der Waals surface area contributed by atoms with Gasteiger partial charge in [-0.05, 0) is 5.92 Å². The monoisotopic (exact) mass is 206 g/mol. The predicted octanol–water partition coefficient (Wildman–Crippen LogP) is 1.71. The van der Waals surface area contributed by atoms with Crippen molar-refractivity contribution in [3.05, 3.63) is 18.2 Å². The molecule has 1 rings (SSSR count). The summed E-state index contributed by atoms with van der Waals surface area (Å²) in [5, 5.41) is 0. The quantitative estimate of drug-likeness (QED) is 0.518. The molecule has 0 aliphatic carbocycles. The van der Waals surface area contributed by atoms with E-state index in [0.29, 0.717) is 11.6 Å². The molecule has 4 heteroatoms. The van der Waals surface area contributed by atoms with Gasteiger partial charge in [-0.3, -0.25) is 0 Å². The molecule has 3 nitrogen and oxygen atoms in total. The minimum Gasteiger partial charge on any atom is -0.494 e. The molecular weight excluding hydrogens is 192 g/mol. The Bertz CT molecular complexity index is 356. The summed E-state index contributed by atoms with van der Waals surface area (Å²) in [6.07, 6.45) is 3.25. The summed E-state index contributed by atoms with van der Waals surface area (Å²) in [4.78, 5) is 8.13. The second-order valence-corrected chi connectivity index (χ2v) is 8.70. The van der Waals surface area contributed by atoms with Crippen LogP contribution in [-0.4, -0.2) is 25.2 Å². The van der Waals surface area contributed by atoms with Crippen LogP contribution in [-0.2, 0) is 0 Å². The molecule has 0 N–H and O–H groups in total. The van der Waals surface area contributed by atoms with Crippen LogP contribution in [0.5, 0.6) is 5.75 Å². The van der Waals surface area contributed by atoms with Crippen LogP contribution in [0.4, 0.5) is 0 Å². The van der Waals surface area contributed by atoms with Gasteiger partial charge in [-0.15, -0.1) is 5.54 Å². The fraction of sp³-hybridized carbons (Fsp3) is 0.400. The third-order valence-electron chi connectivity index (χ3n) is 1.41. The summed E-state index contributed by atoms with van der Waals surface area (Å²) in [5.41, 5.74) is 3.20. The van der Waals surface area contributed by atoms with Crippen molar-refractivity contribution in [1.29, 1.82) is 0 Å².